The fourth-order valence-electron chi connectivity index (χ4n) is 2.32. The van der Waals surface area contributed by atoms with Crippen molar-refractivity contribution in [3.8, 4) is 0 Å². The Morgan fingerprint density at radius 3 is 1.55 bits per heavy atom. The first-order valence-electron chi connectivity index (χ1n) is 6.23. The van der Waals surface area contributed by atoms with Gasteiger partial charge in [-0.3, -0.25) is 4.79 Å². The molecule has 0 heterocycles. The van der Waals surface area contributed by atoms with Crippen molar-refractivity contribution in [2.75, 3.05) is 0 Å². The van der Waals surface area contributed by atoms with Crippen molar-refractivity contribution in [2.24, 2.45) is 0 Å². The van der Waals surface area contributed by atoms with E-state index in [1.165, 1.54) is 0 Å². The summed E-state index contributed by atoms with van der Waals surface area (Å²) in [6.45, 7) is 0. The lowest BCUT2D eigenvalue weighted by Crippen LogP contribution is -2.26. The van der Waals surface area contributed by atoms with Gasteiger partial charge in [0.05, 0.1) is 11.6 Å². The summed E-state index contributed by atoms with van der Waals surface area (Å²) < 4.78 is 0. The van der Waals surface area contributed by atoms with Crippen LogP contribution in [-0.2, 0) is 9.59 Å². The molecule has 0 aliphatic carbocycles. The molecule has 0 aliphatic heterocycles. The second-order valence-corrected chi connectivity index (χ2v) is 4.52. The summed E-state index contributed by atoms with van der Waals surface area (Å²) in [6, 6.07) is 17.4. The monoisotopic (exact) mass is 264 g/mol. The first kappa shape index (κ1) is 14.1. The zero-order valence-electron chi connectivity index (χ0n) is 10.8. The van der Waals surface area contributed by atoms with Crippen molar-refractivity contribution in [1.29, 1.82) is 0 Å². The Balaban J connectivity index is 2.50. The summed E-state index contributed by atoms with van der Waals surface area (Å²) in [7, 11) is 5.44. The van der Waals surface area contributed by atoms with Crippen molar-refractivity contribution in [3.63, 3.8) is 0 Å². The molecule has 0 bridgehead atoms. The molecule has 98 valence electrons. The SMILES string of the molecule is [B]C(=O)C(c1ccccc1)C(C(=O)O)c1ccccc1. The molecule has 0 spiro atoms. The molecule has 3 nitrogen and oxygen atoms in total. The van der Waals surface area contributed by atoms with Crippen molar-refractivity contribution < 1.29 is 14.7 Å². The van der Waals surface area contributed by atoms with Gasteiger partial charge in [-0.15, -0.1) is 0 Å². The summed E-state index contributed by atoms with van der Waals surface area (Å²) in [4.78, 5) is 23.4. The lowest BCUT2D eigenvalue weighted by molar-refractivity contribution is -0.140. The minimum absolute atomic E-state index is 0.563. The maximum absolute atomic E-state index is 11.8. The van der Waals surface area contributed by atoms with Crippen molar-refractivity contribution in [3.05, 3.63) is 71.8 Å². The summed E-state index contributed by atoms with van der Waals surface area (Å²) >= 11 is 0. The number of hydrogen-bond acceptors (Lipinski definition) is 2. The molecule has 1 N–H and O–H groups in total. The van der Waals surface area contributed by atoms with Crippen LogP contribution in [0.25, 0.3) is 0 Å². The number of carbonyl (C=O) groups is 2. The van der Waals surface area contributed by atoms with E-state index in [9.17, 15) is 14.7 Å². The van der Waals surface area contributed by atoms with Gasteiger partial charge in [-0.1, -0.05) is 60.7 Å². The van der Waals surface area contributed by atoms with Gasteiger partial charge >= 0.3 is 5.97 Å². The summed E-state index contributed by atoms with van der Waals surface area (Å²) in [5.41, 5.74) is 0.524. The molecule has 0 aromatic heterocycles. The van der Waals surface area contributed by atoms with Gasteiger partial charge in [-0.2, -0.15) is 0 Å². The first-order valence-corrected chi connectivity index (χ1v) is 6.23. The Morgan fingerprint density at radius 2 is 1.20 bits per heavy atom. The molecule has 0 saturated heterocycles. The highest BCUT2D eigenvalue weighted by Gasteiger charge is 2.33. The molecule has 0 aliphatic rings. The number of rotatable bonds is 5. The molecule has 20 heavy (non-hydrogen) atoms. The number of carbonyl (C=O) groups excluding carboxylic acids is 1. The van der Waals surface area contributed by atoms with E-state index >= 15 is 0 Å². The van der Waals surface area contributed by atoms with Crippen LogP contribution < -0.4 is 0 Å². The normalized spacial score (nSPS) is 13.4. The number of benzene rings is 2. The van der Waals surface area contributed by atoms with Crippen LogP contribution in [0.1, 0.15) is 23.0 Å². The van der Waals surface area contributed by atoms with E-state index < -0.39 is 23.5 Å². The van der Waals surface area contributed by atoms with E-state index in [2.05, 4.69) is 0 Å². The standard InChI is InChI=1S/C16H13BO3/c17-15(18)13(11-7-3-1-4-8-11)14(16(19)20)12-9-5-2-6-10-12/h1-10,13-14H,(H,19,20). The van der Waals surface area contributed by atoms with Crippen LogP contribution in [0.5, 0.6) is 0 Å². The predicted octanol–water partition coefficient (Wildman–Crippen LogP) is 2.33. The van der Waals surface area contributed by atoms with Gasteiger partial charge in [-0.25, -0.2) is 0 Å². The average molecular weight is 264 g/mol. The quantitative estimate of drug-likeness (QED) is 0.843. The van der Waals surface area contributed by atoms with E-state index in [1.54, 1.807) is 60.7 Å². The Bertz CT molecular complexity index is 540. The van der Waals surface area contributed by atoms with E-state index in [0.29, 0.717) is 11.1 Å². The van der Waals surface area contributed by atoms with Gasteiger partial charge in [0, 0.05) is 5.92 Å². The van der Waals surface area contributed by atoms with Crippen molar-refractivity contribution in [1.82, 2.24) is 0 Å². The van der Waals surface area contributed by atoms with E-state index in [1.807, 2.05) is 0 Å². The Morgan fingerprint density at radius 1 is 0.800 bits per heavy atom. The minimum atomic E-state index is -1.07. The molecular formula is C16H13BO3. The van der Waals surface area contributed by atoms with Crippen LogP contribution in [0.4, 0.5) is 0 Å². The van der Waals surface area contributed by atoms with Gasteiger partial charge < -0.3 is 9.90 Å². The number of carboxylic acid groups (broad SMARTS) is 1. The highest BCUT2D eigenvalue weighted by Crippen LogP contribution is 2.33. The summed E-state index contributed by atoms with van der Waals surface area (Å²) in [5, 5.41) is 9.50. The maximum Gasteiger partial charge on any atom is 0.312 e. The summed E-state index contributed by atoms with van der Waals surface area (Å²) in [6.07, 6.45) is 0. The Hall–Kier alpha value is -2.36. The smallest absolute Gasteiger partial charge is 0.312 e. The van der Waals surface area contributed by atoms with Gasteiger partial charge in [0.1, 0.15) is 0 Å². The van der Waals surface area contributed by atoms with Gasteiger partial charge in [0.2, 0.25) is 0 Å². The molecule has 2 aromatic carbocycles. The number of carboxylic acids is 1. The zero-order valence-corrected chi connectivity index (χ0v) is 10.8. The second kappa shape index (κ2) is 6.19. The van der Waals surface area contributed by atoms with Crippen LogP contribution in [0.15, 0.2) is 60.7 Å². The molecule has 0 saturated carbocycles. The fraction of sp³-hybridized carbons (Fsp3) is 0.125. The van der Waals surface area contributed by atoms with E-state index in [-0.39, 0.29) is 0 Å². The molecule has 2 rings (SSSR count). The third-order valence-electron chi connectivity index (χ3n) is 3.22. The maximum atomic E-state index is 11.8. The molecular weight excluding hydrogens is 251 g/mol. The van der Waals surface area contributed by atoms with E-state index in [4.69, 9.17) is 7.85 Å². The van der Waals surface area contributed by atoms with E-state index in [0.717, 1.165) is 0 Å². The Labute approximate surface area is 118 Å². The molecule has 4 heteroatoms. The predicted molar refractivity (Wildman–Crippen MR) is 76.8 cm³/mol. The third-order valence-corrected chi connectivity index (χ3v) is 3.22. The molecule has 0 fully saturated rings. The highest BCUT2D eigenvalue weighted by molar-refractivity contribution is 6.59. The van der Waals surface area contributed by atoms with Crippen LogP contribution in [0, 0.1) is 0 Å². The fourth-order valence-corrected chi connectivity index (χ4v) is 2.32. The first-order chi connectivity index (χ1) is 9.61. The second-order valence-electron chi connectivity index (χ2n) is 4.52. The minimum Gasteiger partial charge on any atom is -0.481 e. The zero-order chi connectivity index (χ0) is 14.5. The highest BCUT2D eigenvalue weighted by atomic mass is 16.4. The topological polar surface area (TPSA) is 54.4 Å². The van der Waals surface area contributed by atoms with Crippen LogP contribution in [0.3, 0.4) is 0 Å². The lowest BCUT2D eigenvalue weighted by atomic mass is 9.73. The van der Waals surface area contributed by atoms with Crippen LogP contribution in [-0.4, -0.2) is 24.6 Å². The van der Waals surface area contributed by atoms with Gasteiger partial charge in [0.25, 0.3) is 0 Å². The van der Waals surface area contributed by atoms with Crippen LogP contribution >= 0.6 is 0 Å². The average Bonchev–Trinajstić information content (AvgIpc) is 2.45. The number of aliphatic carboxylic acids is 1. The van der Waals surface area contributed by atoms with Gasteiger partial charge in [0.15, 0.2) is 7.85 Å². The summed E-state index contributed by atoms with van der Waals surface area (Å²) in [5.74, 6) is -2.95. The number of hydrogen-bond donors (Lipinski definition) is 1. The molecule has 2 atom stereocenters. The van der Waals surface area contributed by atoms with Crippen molar-refractivity contribution >= 4 is 19.5 Å². The largest absolute Gasteiger partial charge is 0.481 e. The lowest BCUT2D eigenvalue weighted by Gasteiger charge is -2.23. The molecule has 2 aromatic rings. The third kappa shape index (κ3) is 2.96. The van der Waals surface area contributed by atoms with Gasteiger partial charge in [-0.05, 0) is 11.1 Å². The molecule has 2 radical (unpaired) electrons. The molecule has 0 amide bonds. The Kier molecular flexibility index (Phi) is 4.36. The van der Waals surface area contributed by atoms with Crippen molar-refractivity contribution in [2.45, 2.75) is 11.8 Å². The molecule has 2 unspecified atom stereocenters. The van der Waals surface area contributed by atoms with Crippen LogP contribution in [0.2, 0.25) is 0 Å².